The number of allylic oxidation sites excluding steroid dienone is 2. The Morgan fingerprint density at radius 1 is 0.781 bits per heavy atom. The van der Waals surface area contributed by atoms with Crippen molar-refractivity contribution < 1.29 is 14.3 Å². The second-order valence-electron chi connectivity index (χ2n) is 8.12. The van der Waals surface area contributed by atoms with Gasteiger partial charge in [-0.3, -0.25) is 9.59 Å². The van der Waals surface area contributed by atoms with Crippen LogP contribution in [-0.4, -0.2) is 30.2 Å². The second-order valence-corrected chi connectivity index (χ2v) is 9.10. The highest BCUT2D eigenvalue weighted by Gasteiger charge is 2.25. The minimum Gasteiger partial charge on any atom is -0.494 e. The Morgan fingerprint density at radius 2 is 1.41 bits per heavy atom. The number of nitrogens with one attached hydrogen (secondary N) is 1. The van der Waals surface area contributed by atoms with Crippen LogP contribution in [0.5, 0.6) is 5.75 Å². The smallest absolute Gasteiger partial charge is 0.210 e. The average Bonchev–Trinajstić information content (AvgIpc) is 2.82. The molecule has 0 bridgehead atoms. The largest absolute Gasteiger partial charge is 0.494 e. The van der Waals surface area contributed by atoms with Crippen molar-refractivity contribution >= 4 is 29.0 Å². The number of unbranched alkanes of at least 4 members (excludes halogenated alkanes) is 7. The summed E-state index contributed by atoms with van der Waals surface area (Å²) in [4.78, 5) is 24.9. The maximum absolute atomic E-state index is 12.7. The maximum Gasteiger partial charge on any atom is 0.210 e. The van der Waals surface area contributed by atoms with E-state index < -0.39 is 0 Å². The van der Waals surface area contributed by atoms with Crippen LogP contribution in [-0.2, 0) is 0 Å². The number of carbonyl (C=O) groups is 2. The van der Waals surface area contributed by atoms with Gasteiger partial charge < -0.3 is 10.1 Å². The quantitative estimate of drug-likeness (QED) is 0.316. The zero-order valence-corrected chi connectivity index (χ0v) is 19.7. The summed E-state index contributed by atoms with van der Waals surface area (Å²) >= 11 is 1.94. The van der Waals surface area contributed by atoms with Crippen molar-refractivity contribution in [1.82, 2.24) is 0 Å². The highest BCUT2D eigenvalue weighted by Crippen LogP contribution is 2.24. The molecule has 0 fully saturated rings. The fourth-order valence-electron chi connectivity index (χ4n) is 3.80. The van der Waals surface area contributed by atoms with Crippen LogP contribution >= 0.6 is 11.8 Å². The molecule has 0 aliphatic heterocycles. The van der Waals surface area contributed by atoms with E-state index in [2.05, 4.69) is 11.6 Å². The van der Waals surface area contributed by atoms with Crippen LogP contribution in [0.2, 0.25) is 0 Å². The van der Waals surface area contributed by atoms with Gasteiger partial charge in [-0.25, -0.2) is 0 Å². The van der Waals surface area contributed by atoms with Gasteiger partial charge in [0.15, 0.2) is 5.78 Å². The number of Topliss-reactive ketones (excluding diaryl/α,β-unsaturated/α-hetero) is 1. The van der Waals surface area contributed by atoms with Gasteiger partial charge in [-0.2, -0.15) is 11.8 Å². The van der Waals surface area contributed by atoms with E-state index in [-0.39, 0.29) is 11.6 Å². The number of benzene rings is 2. The van der Waals surface area contributed by atoms with Crippen LogP contribution < -0.4 is 10.1 Å². The molecule has 0 unspecified atom stereocenters. The number of hydrogen-bond acceptors (Lipinski definition) is 5. The fraction of sp³-hybridized carbons (Fsp3) is 0.407. The van der Waals surface area contributed by atoms with E-state index in [9.17, 15) is 9.59 Å². The van der Waals surface area contributed by atoms with Crippen molar-refractivity contribution in [1.29, 1.82) is 0 Å². The van der Waals surface area contributed by atoms with E-state index in [0.717, 1.165) is 24.5 Å². The van der Waals surface area contributed by atoms with E-state index in [1.165, 1.54) is 56.8 Å². The Balaban J connectivity index is 1.34. The van der Waals surface area contributed by atoms with Crippen LogP contribution in [0.4, 0.5) is 5.69 Å². The molecule has 5 heteroatoms. The van der Waals surface area contributed by atoms with Crippen LogP contribution in [0.15, 0.2) is 60.3 Å². The molecule has 3 rings (SSSR count). The van der Waals surface area contributed by atoms with Crippen LogP contribution in [0.3, 0.4) is 0 Å². The molecular formula is C27H33NO3S. The number of ether oxygens (including phenoxy) is 1. The third kappa shape index (κ3) is 7.27. The van der Waals surface area contributed by atoms with Crippen molar-refractivity contribution in [2.75, 3.05) is 23.9 Å². The van der Waals surface area contributed by atoms with Gasteiger partial charge in [-0.1, -0.05) is 62.8 Å². The molecule has 0 saturated heterocycles. The number of ketones is 2. The Labute approximate surface area is 195 Å². The summed E-state index contributed by atoms with van der Waals surface area (Å²) in [6.07, 6.45) is 13.8. The van der Waals surface area contributed by atoms with Crippen LogP contribution in [0.25, 0.3) is 0 Å². The molecule has 1 aliphatic carbocycles. The second kappa shape index (κ2) is 13.1. The molecular weight excluding hydrogens is 418 g/mol. The number of anilines is 1. The van der Waals surface area contributed by atoms with E-state index in [0.29, 0.717) is 16.8 Å². The van der Waals surface area contributed by atoms with Crippen molar-refractivity contribution in [3.8, 4) is 5.75 Å². The molecule has 0 spiro atoms. The molecule has 0 radical (unpaired) electrons. The molecule has 2 aromatic carbocycles. The first-order chi connectivity index (χ1) is 15.7. The van der Waals surface area contributed by atoms with Gasteiger partial charge >= 0.3 is 0 Å². The van der Waals surface area contributed by atoms with Gasteiger partial charge in [0.1, 0.15) is 5.75 Å². The summed E-state index contributed by atoms with van der Waals surface area (Å²) in [5, 5.41) is 3.08. The van der Waals surface area contributed by atoms with Gasteiger partial charge in [0.2, 0.25) is 5.78 Å². The lowest BCUT2D eigenvalue weighted by molar-refractivity contribution is 0.0985. The Morgan fingerprint density at radius 3 is 2.09 bits per heavy atom. The summed E-state index contributed by atoms with van der Waals surface area (Å²) < 4.78 is 5.84. The molecule has 2 aromatic rings. The zero-order chi connectivity index (χ0) is 22.6. The standard InChI is InChI=1S/C27H33NO3S/c1-32-19-11-7-5-3-2-4-6-10-18-31-22-16-14-21(15-17-22)28-25-20-26(29)23-12-8-9-13-24(23)27(25)30/h8-9,12-17,20,28H,2-7,10-11,18-19H2,1H3. The van der Waals surface area contributed by atoms with Gasteiger partial charge in [0, 0.05) is 22.9 Å². The first-order valence-electron chi connectivity index (χ1n) is 11.6. The molecule has 0 saturated carbocycles. The Bertz CT molecular complexity index is 921. The normalized spacial score (nSPS) is 13.0. The molecule has 0 amide bonds. The Kier molecular flexibility index (Phi) is 9.89. The summed E-state index contributed by atoms with van der Waals surface area (Å²) in [7, 11) is 0. The molecule has 0 atom stereocenters. The predicted octanol–water partition coefficient (Wildman–Crippen LogP) is 6.92. The topological polar surface area (TPSA) is 55.4 Å². The minimum absolute atomic E-state index is 0.154. The summed E-state index contributed by atoms with van der Waals surface area (Å²) in [5.74, 6) is 1.78. The van der Waals surface area contributed by atoms with Crippen LogP contribution in [0.1, 0.15) is 72.1 Å². The molecule has 32 heavy (non-hydrogen) atoms. The van der Waals surface area contributed by atoms with E-state index in [1.807, 2.05) is 36.0 Å². The average molecular weight is 452 g/mol. The molecule has 1 aliphatic rings. The Hall–Kier alpha value is -2.53. The molecule has 170 valence electrons. The third-order valence-electron chi connectivity index (χ3n) is 5.60. The first-order valence-corrected chi connectivity index (χ1v) is 13.0. The lowest BCUT2D eigenvalue weighted by atomic mass is 9.92. The minimum atomic E-state index is -0.166. The lowest BCUT2D eigenvalue weighted by Gasteiger charge is -2.16. The molecule has 0 aromatic heterocycles. The molecule has 0 heterocycles. The van der Waals surface area contributed by atoms with Crippen molar-refractivity contribution in [3.63, 3.8) is 0 Å². The summed E-state index contributed by atoms with van der Waals surface area (Å²) in [5.41, 5.74) is 1.95. The highest BCUT2D eigenvalue weighted by molar-refractivity contribution is 7.98. The van der Waals surface area contributed by atoms with Gasteiger partial charge in [-0.05, 0) is 49.1 Å². The fourth-order valence-corrected chi connectivity index (χ4v) is 4.29. The van der Waals surface area contributed by atoms with Crippen molar-refractivity contribution in [2.24, 2.45) is 0 Å². The lowest BCUT2D eigenvalue weighted by Crippen LogP contribution is -2.21. The number of hydrogen-bond donors (Lipinski definition) is 1. The van der Waals surface area contributed by atoms with E-state index >= 15 is 0 Å². The van der Waals surface area contributed by atoms with E-state index in [1.54, 1.807) is 24.3 Å². The highest BCUT2D eigenvalue weighted by atomic mass is 32.2. The summed E-state index contributed by atoms with van der Waals surface area (Å²) in [6.45, 7) is 0.718. The van der Waals surface area contributed by atoms with Gasteiger partial charge in [0.05, 0.1) is 12.3 Å². The monoisotopic (exact) mass is 451 g/mol. The first kappa shape index (κ1) is 24.1. The third-order valence-corrected chi connectivity index (χ3v) is 6.30. The maximum atomic E-state index is 12.7. The van der Waals surface area contributed by atoms with Gasteiger partial charge in [-0.15, -0.1) is 0 Å². The molecule has 1 N–H and O–H groups in total. The van der Waals surface area contributed by atoms with Gasteiger partial charge in [0.25, 0.3) is 0 Å². The zero-order valence-electron chi connectivity index (χ0n) is 18.9. The SMILES string of the molecule is CSCCCCCCCCCCOc1ccc(NC2=CC(=O)c3ccccc3C2=O)cc1. The summed E-state index contributed by atoms with van der Waals surface area (Å²) in [6, 6.07) is 14.4. The van der Waals surface area contributed by atoms with E-state index in [4.69, 9.17) is 4.74 Å². The number of thioether (sulfide) groups is 1. The predicted molar refractivity (Wildman–Crippen MR) is 134 cm³/mol. The van der Waals surface area contributed by atoms with Crippen LogP contribution in [0, 0.1) is 0 Å². The number of carbonyl (C=O) groups excluding carboxylic acids is 2. The molecule has 4 nitrogen and oxygen atoms in total. The van der Waals surface area contributed by atoms with Crippen molar-refractivity contribution in [3.05, 3.63) is 71.4 Å². The number of fused-ring (bicyclic) bond motifs is 1. The number of rotatable bonds is 14. The van der Waals surface area contributed by atoms with Crippen molar-refractivity contribution in [2.45, 2.75) is 51.4 Å².